The van der Waals surface area contributed by atoms with Gasteiger partial charge in [0.05, 0.1) is 17.5 Å². The van der Waals surface area contributed by atoms with Crippen LogP contribution in [0.5, 0.6) is 5.75 Å². The standard InChI is InChI=1S/C46H60ClN3O3/c1-32(2)12-9-13-33(3)14-10-15-34(4)16-11-17-42-45(7)29-36(43(51)44(5,6)41(45)26-27-46(42,8)52)28-35-18-24-40(25-19-35)53-31-38-30-50(49-48-38)39-22-20-37(47)21-23-39/h12,14,16,18-25,28,30,41-42,52H,9-11,13,15,17,26-27,29,31H2,1-8H3/b33-14+,34-16+,36-28+/t41-,42+,45-,46+/m0/s1. The van der Waals surface area contributed by atoms with Crippen LogP contribution in [0.4, 0.5) is 0 Å². The number of allylic oxidation sites excluding steroid dienone is 7. The third-order valence-electron chi connectivity index (χ3n) is 11.9. The Kier molecular flexibility index (Phi) is 13.1. The molecule has 2 aromatic carbocycles. The number of ketones is 1. The van der Waals surface area contributed by atoms with Crippen LogP contribution in [-0.4, -0.2) is 31.5 Å². The number of hydrogen-bond donors (Lipinski definition) is 1. The molecule has 4 atom stereocenters. The van der Waals surface area contributed by atoms with Crippen molar-refractivity contribution >= 4 is 23.5 Å². The molecular weight excluding hydrogens is 678 g/mol. The molecule has 6 nitrogen and oxygen atoms in total. The molecule has 5 rings (SSSR count). The molecule has 0 unspecified atom stereocenters. The predicted octanol–water partition coefficient (Wildman–Crippen LogP) is 11.9. The lowest BCUT2D eigenvalue weighted by atomic mass is 9.44. The van der Waals surface area contributed by atoms with Crippen molar-refractivity contribution < 1.29 is 14.6 Å². The van der Waals surface area contributed by atoms with Crippen LogP contribution < -0.4 is 4.74 Å². The van der Waals surface area contributed by atoms with Crippen LogP contribution in [0.1, 0.15) is 124 Å². The number of halogens is 1. The number of carbonyl (C=O) groups excluding carboxylic acids is 1. The minimum absolute atomic E-state index is 0.0826. The number of carbonyl (C=O) groups is 1. The molecule has 1 heterocycles. The average molecular weight is 738 g/mol. The minimum atomic E-state index is -0.779. The Bertz CT molecular complexity index is 1840. The van der Waals surface area contributed by atoms with Crippen molar-refractivity contribution in [3.63, 3.8) is 0 Å². The Labute approximate surface area is 323 Å². The summed E-state index contributed by atoms with van der Waals surface area (Å²) < 4.78 is 7.72. The third-order valence-corrected chi connectivity index (χ3v) is 12.2. The van der Waals surface area contributed by atoms with Gasteiger partial charge in [0.25, 0.3) is 0 Å². The first kappa shape index (κ1) is 40.4. The molecule has 0 aliphatic heterocycles. The topological polar surface area (TPSA) is 77.2 Å². The molecule has 0 saturated heterocycles. The van der Waals surface area contributed by atoms with Crippen molar-refractivity contribution in [1.29, 1.82) is 0 Å². The Hall–Kier alpha value is -3.74. The molecule has 1 N–H and O–H groups in total. The number of aliphatic hydroxyl groups is 1. The van der Waals surface area contributed by atoms with Gasteiger partial charge in [-0.25, -0.2) is 4.68 Å². The molecule has 2 fully saturated rings. The van der Waals surface area contributed by atoms with Crippen molar-refractivity contribution in [3.05, 3.63) is 112 Å². The molecule has 0 spiro atoms. The van der Waals surface area contributed by atoms with E-state index in [1.165, 1.54) is 16.7 Å². The smallest absolute Gasteiger partial charge is 0.164 e. The van der Waals surface area contributed by atoms with Crippen molar-refractivity contribution in [2.45, 2.75) is 125 Å². The largest absolute Gasteiger partial charge is 0.487 e. The fourth-order valence-corrected chi connectivity index (χ4v) is 9.21. The maximum absolute atomic E-state index is 14.1. The van der Waals surface area contributed by atoms with E-state index in [1.807, 2.05) is 61.7 Å². The monoisotopic (exact) mass is 737 g/mol. The quantitative estimate of drug-likeness (QED) is 0.132. The zero-order valence-corrected chi connectivity index (χ0v) is 34.0. The zero-order valence-electron chi connectivity index (χ0n) is 33.2. The first-order valence-electron chi connectivity index (χ1n) is 19.4. The van der Waals surface area contributed by atoms with E-state index in [-0.39, 0.29) is 29.6 Å². The van der Waals surface area contributed by atoms with Gasteiger partial charge in [-0.1, -0.05) is 84.7 Å². The Balaban J connectivity index is 1.24. The van der Waals surface area contributed by atoms with E-state index in [0.717, 1.165) is 68.2 Å². The van der Waals surface area contributed by atoms with Crippen molar-refractivity contribution in [1.82, 2.24) is 15.0 Å². The first-order valence-corrected chi connectivity index (χ1v) is 19.8. The van der Waals surface area contributed by atoms with Gasteiger partial charge in [0.15, 0.2) is 5.78 Å². The Morgan fingerprint density at radius 2 is 1.57 bits per heavy atom. The van der Waals surface area contributed by atoms with Crippen LogP contribution in [0.3, 0.4) is 0 Å². The third kappa shape index (κ3) is 10.1. The van der Waals surface area contributed by atoms with Gasteiger partial charge >= 0.3 is 0 Å². The van der Waals surface area contributed by atoms with Crippen molar-refractivity contribution in [2.75, 3.05) is 0 Å². The second-order valence-corrected chi connectivity index (χ2v) is 17.4. The van der Waals surface area contributed by atoms with E-state index in [2.05, 4.69) is 83.1 Å². The zero-order chi connectivity index (χ0) is 38.4. The number of fused-ring (bicyclic) bond motifs is 1. The van der Waals surface area contributed by atoms with Gasteiger partial charge in [-0.2, -0.15) is 0 Å². The average Bonchev–Trinajstić information content (AvgIpc) is 3.57. The highest BCUT2D eigenvalue weighted by Gasteiger charge is 2.61. The van der Waals surface area contributed by atoms with Crippen molar-refractivity contribution in [3.8, 4) is 11.4 Å². The highest BCUT2D eigenvalue weighted by Crippen LogP contribution is 2.63. The SMILES string of the molecule is CC(C)=CCC/C(C)=C/CC/C(C)=C/CC[C@@H]1[C@@]2(C)C/C(=C\c3ccc(OCc4cn(-c5ccc(Cl)cc5)nn4)cc3)C(=O)C(C)(C)[C@@H]2CC[C@@]1(C)O. The highest BCUT2D eigenvalue weighted by atomic mass is 35.5. The summed E-state index contributed by atoms with van der Waals surface area (Å²) in [6, 6.07) is 15.3. The minimum Gasteiger partial charge on any atom is -0.487 e. The number of Topliss-reactive ketones (excluding diaryl/α,β-unsaturated/α-hetero) is 1. The van der Waals surface area contributed by atoms with E-state index in [0.29, 0.717) is 22.9 Å². The Morgan fingerprint density at radius 3 is 2.23 bits per heavy atom. The van der Waals surface area contributed by atoms with Crippen molar-refractivity contribution in [2.24, 2.45) is 22.7 Å². The first-order chi connectivity index (χ1) is 25.1. The summed E-state index contributed by atoms with van der Waals surface area (Å²) in [5.41, 5.74) is 6.15. The van der Waals surface area contributed by atoms with Gasteiger partial charge in [0.1, 0.15) is 18.1 Å². The molecule has 0 amide bonds. The summed E-state index contributed by atoms with van der Waals surface area (Å²) in [6.07, 6.45) is 19.5. The number of ether oxygens (including phenoxy) is 1. The van der Waals surface area contributed by atoms with E-state index >= 15 is 0 Å². The number of hydrogen-bond acceptors (Lipinski definition) is 5. The predicted molar refractivity (Wildman–Crippen MR) is 218 cm³/mol. The van der Waals surface area contributed by atoms with E-state index in [1.54, 1.807) is 4.68 Å². The van der Waals surface area contributed by atoms with E-state index in [4.69, 9.17) is 16.3 Å². The highest BCUT2D eigenvalue weighted by molar-refractivity contribution is 6.30. The van der Waals surface area contributed by atoms with Crippen LogP contribution in [0.25, 0.3) is 11.8 Å². The fourth-order valence-electron chi connectivity index (χ4n) is 9.08. The maximum atomic E-state index is 14.1. The summed E-state index contributed by atoms with van der Waals surface area (Å²) in [4.78, 5) is 14.1. The molecule has 7 heteroatoms. The maximum Gasteiger partial charge on any atom is 0.164 e. The van der Waals surface area contributed by atoms with Gasteiger partial charge in [0, 0.05) is 10.4 Å². The lowest BCUT2D eigenvalue weighted by Crippen LogP contribution is -2.60. The molecule has 53 heavy (non-hydrogen) atoms. The van der Waals surface area contributed by atoms with Crippen LogP contribution in [-0.2, 0) is 11.4 Å². The normalized spacial score (nSPS) is 25.3. The van der Waals surface area contributed by atoms with Gasteiger partial charge in [-0.05, 0) is 163 Å². The molecule has 1 aromatic heterocycles. The molecule has 2 aliphatic rings. The molecule has 2 aliphatic carbocycles. The summed E-state index contributed by atoms with van der Waals surface area (Å²) in [7, 11) is 0. The molecule has 0 bridgehead atoms. The lowest BCUT2D eigenvalue weighted by molar-refractivity contribution is -0.169. The molecule has 284 valence electrons. The summed E-state index contributed by atoms with van der Waals surface area (Å²) in [6.45, 7) is 17.7. The van der Waals surface area contributed by atoms with E-state index in [9.17, 15) is 9.90 Å². The second kappa shape index (κ2) is 17.2. The molecule has 0 radical (unpaired) electrons. The lowest BCUT2D eigenvalue weighted by Gasteiger charge is -2.61. The number of nitrogens with zero attached hydrogens (tertiary/aromatic N) is 3. The summed E-state index contributed by atoms with van der Waals surface area (Å²) in [5.74, 6) is 1.24. The fraction of sp³-hybridized carbons (Fsp3) is 0.500. The van der Waals surface area contributed by atoms with Gasteiger partial charge < -0.3 is 9.84 Å². The van der Waals surface area contributed by atoms with E-state index < -0.39 is 11.0 Å². The van der Waals surface area contributed by atoms with Gasteiger partial charge in [0.2, 0.25) is 0 Å². The molecule has 2 saturated carbocycles. The van der Waals surface area contributed by atoms with Crippen LogP contribution >= 0.6 is 11.6 Å². The van der Waals surface area contributed by atoms with Crippen LogP contribution in [0, 0.1) is 22.7 Å². The number of aromatic nitrogens is 3. The van der Waals surface area contributed by atoms with Gasteiger partial charge in [-0.15, -0.1) is 5.10 Å². The van der Waals surface area contributed by atoms with Gasteiger partial charge in [-0.3, -0.25) is 4.79 Å². The van der Waals surface area contributed by atoms with Crippen LogP contribution in [0.2, 0.25) is 5.02 Å². The summed E-state index contributed by atoms with van der Waals surface area (Å²) in [5, 5.41) is 21.0. The molecule has 3 aromatic rings. The summed E-state index contributed by atoms with van der Waals surface area (Å²) >= 11 is 6.01. The number of benzene rings is 2. The number of rotatable bonds is 14. The Morgan fingerprint density at radius 1 is 0.925 bits per heavy atom. The molecular formula is C46H60ClN3O3. The second-order valence-electron chi connectivity index (χ2n) is 16.9. The van der Waals surface area contributed by atoms with Crippen LogP contribution in [0.15, 0.2) is 95.2 Å².